The van der Waals surface area contributed by atoms with Crippen molar-refractivity contribution in [2.45, 2.75) is 26.7 Å². The Morgan fingerprint density at radius 3 is 2.28 bits per heavy atom. The molecule has 0 saturated heterocycles. The van der Waals surface area contributed by atoms with Gasteiger partial charge in [-0.1, -0.05) is 6.92 Å². The summed E-state index contributed by atoms with van der Waals surface area (Å²) >= 11 is 0. The van der Waals surface area contributed by atoms with E-state index in [-0.39, 0.29) is 5.91 Å². The van der Waals surface area contributed by atoms with Crippen LogP contribution in [-0.4, -0.2) is 57.9 Å². The molecular formula is C13H28N2O3. The smallest absolute Gasteiger partial charge is 0.229 e. The Hall–Kier alpha value is -0.650. The van der Waals surface area contributed by atoms with Crippen molar-refractivity contribution < 1.29 is 14.3 Å². The third-order valence-corrected chi connectivity index (χ3v) is 3.38. The van der Waals surface area contributed by atoms with Gasteiger partial charge in [0.15, 0.2) is 0 Å². The Labute approximate surface area is 111 Å². The van der Waals surface area contributed by atoms with Crippen LogP contribution < -0.4 is 5.73 Å². The van der Waals surface area contributed by atoms with E-state index in [0.29, 0.717) is 32.8 Å². The van der Waals surface area contributed by atoms with Crippen molar-refractivity contribution in [1.82, 2.24) is 4.90 Å². The maximum absolute atomic E-state index is 12.5. The van der Waals surface area contributed by atoms with Gasteiger partial charge in [-0.3, -0.25) is 4.79 Å². The van der Waals surface area contributed by atoms with Crippen LogP contribution in [0.2, 0.25) is 0 Å². The van der Waals surface area contributed by atoms with Crippen molar-refractivity contribution in [3.8, 4) is 0 Å². The predicted octanol–water partition coefficient (Wildman–Crippen LogP) is 0.873. The largest absolute Gasteiger partial charge is 0.385 e. The Balaban J connectivity index is 4.55. The lowest BCUT2D eigenvalue weighted by Gasteiger charge is -2.33. The number of nitrogens with zero attached hydrogens (tertiary/aromatic N) is 1. The van der Waals surface area contributed by atoms with Crippen LogP contribution in [-0.2, 0) is 14.3 Å². The molecule has 0 aromatic heterocycles. The molecule has 5 nitrogen and oxygen atoms in total. The molecule has 108 valence electrons. The fraction of sp³-hybridized carbons (Fsp3) is 0.923. The second-order valence-corrected chi connectivity index (χ2v) is 4.75. The Kier molecular flexibility index (Phi) is 8.97. The van der Waals surface area contributed by atoms with Crippen molar-refractivity contribution in [2.24, 2.45) is 11.1 Å². The summed E-state index contributed by atoms with van der Waals surface area (Å²) in [5.41, 5.74) is 5.26. The van der Waals surface area contributed by atoms with E-state index in [4.69, 9.17) is 15.2 Å². The standard InChI is InChI=1S/C13H28N2O3/c1-5-13(2,11-14)12(16)15(8-10-18-4)7-6-9-17-3/h5-11,14H2,1-4H3. The SMILES string of the molecule is CCC(C)(CN)C(=O)N(CCCOC)CCOC. The van der Waals surface area contributed by atoms with Gasteiger partial charge in [0.1, 0.15) is 0 Å². The van der Waals surface area contributed by atoms with Gasteiger partial charge < -0.3 is 20.1 Å². The van der Waals surface area contributed by atoms with Gasteiger partial charge in [0, 0.05) is 40.5 Å². The minimum Gasteiger partial charge on any atom is -0.385 e. The molecule has 18 heavy (non-hydrogen) atoms. The molecule has 0 aromatic carbocycles. The van der Waals surface area contributed by atoms with Gasteiger partial charge in [0.05, 0.1) is 12.0 Å². The highest BCUT2D eigenvalue weighted by molar-refractivity contribution is 5.82. The molecule has 0 aromatic rings. The number of rotatable bonds is 10. The highest BCUT2D eigenvalue weighted by Crippen LogP contribution is 2.22. The Morgan fingerprint density at radius 1 is 1.22 bits per heavy atom. The highest BCUT2D eigenvalue weighted by atomic mass is 16.5. The number of hydrogen-bond acceptors (Lipinski definition) is 4. The van der Waals surface area contributed by atoms with E-state index in [0.717, 1.165) is 12.8 Å². The first-order chi connectivity index (χ1) is 8.55. The predicted molar refractivity (Wildman–Crippen MR) is 72.4 cm³/mol. The molecule has 1 atom stereocenters. The van der Waals surface area contributed by atoms with Gasteiger partial charge in [0.2, 0.25) is 5.91 Å². The summed E-state index contributed by atoms with van der Waals surface area (Å²) in [4.78, 5) is 14.3. The first-order valence-electron chi connectivity index (χ1n) is 6.53. The summed E-state index contributed by atoms with van der Waals surface area (Å²) in [7, 11) is 3.30. The lowest BCUT2D eigenvalue weighted by molar-refractivity contribution is -0.141. The lowest BCUT2D eigenvalue weighted by Crippen LogP contribution is -2.47. The van der Waals surface area contributed by atoms with Gasteiger partial charge in [0.25, 0.3) is 0 Å². The van der Waals surface area contributed by atoms with Gasteiger partial charge in [-0.15, -0.1) is 0 Å². The van der Waals surface area contributed by atoms with Gasteiger partial charge in [-0.25, -0.2) is 0 Å². The topological polar surface area (TPSA) is 64.8 Å². The normalized spacial score (nSPS) is 14.3. The average Bonchev–Trinajstić information content (AvgIpc) is 2.41. The molecule has 0 radical (unpaired) electrons. The summed E-state index contributed by atoms with van der Waals surface area (Å²) in [6.07, 6.45) is 1.58. The molecule has 1 unspecified atom stereocenters. The van der Waals surface area contributed by atoms with Crippen molar-refractivity contribution >= 4 is 5.91 Å². The minimum atomic E-state index is -0.471. The molecule has 0 saturated carbocycles. The molecule has 2 N–H and O–H groups in total. The summed E-state index contributed by atoms with van der Waals surface area (Å²) in [5, 5.41) is 0. The molecule has 0 aliphatic rings. The number of ether oxygens (including phenoxy) is 2. The number of nitrogens with two attached hydrogens (primary N) is 1. The lowest BCUT2D eigenvalue weighted by atomic mass is 9.86. The van der Waals surface area contributed by atoms with E-state index < -0.39 is 5.41 Å². The first-order valence-corrected chi connectivity index (χ1v) is 6.53. The second kappa shape index (κ2) is 9.30. The number of methoxy groups -OCH3 is 2. The quantitative estimate of drug-likeness (QED) is 0.592. The molecular weight excluding hydrogens is 232 g/mol. The third-order valence-electron chi connectivity index (χ3n) is 3.38. The molecule has 5 heteroatoms. The van der Waals surface area contributed by atoms with Crippen LogP contribution in [0.1, 0.15) is 26.7 Å². The van der Waals surface area contributed by atoms with E-state index in [1.165, 1.54) is 0 Å². The van der Waals surface area contributed by atoms with E-state index in [9.17, 15) is 4.79 Å². The van der Waals surface area contributed by atoms with E-state index >= 15 is 0 Å². The Morgan fingerprint density at radius 2 is 1.83 bits per heavy atom. The summed E-state index contributed by atoms with van der Waals surface area (Å²) in [5.74, 6) is 0.112. The maximum Gasteiger partial charge on any atom is 0.229 e. The second-order valence-electron chi connectivity index (χ2n) is 4.75. The third kappa shape index (κ3) is 5.33. The Bertz CT molecular complexity index is 230. The van der Waals surface area contributed by atoms with Crippen LogP contribution in [0.3, 0.4) is 0 Å². The van der Waals surface area contributed by atoms with Gasteiger partial charge in [-0.2, -0.15) is 0 Å². The zero-order valence-electron chi connectivity index (χ0n) is 12.2. The van der Waals surface area contributed by atoms with Crippen LogP contribution in [0.4, 0.5) is 0 Å². The van der Waals surface area contributed by atoms with Crippen LogP contribution in [0.5, 0.6) is 0 Å². The van der Waals surface area contributed by atoms with E-state index in [2.05, 4.69) is 0 Å². The zero-order chi connectivity index (χ0) is 14.0. The minimum absolute atomic E-state index is 0.112. The zero-order valence-corrected chi connectivity index (χ0v) is 12.2. The van der Waals surface area contributed by atoms with Crippen molar-refractivity contribution in [1.29, 1.82) is 0 Å². The van der Waals surface area contributed by atoms with Crippen LogP contribution in [0.15, 0.2) is 0 Å². The molecule has 0 aliphatic carbocycles. The molecule has 0 heterocycles. The molecule has 0 aliphatic heterocycles. The molecule has 0 rings (SSSR count). The van der Waals surface area contributed by atoms with E-state index in [1.54, 1.807) is 14.2 Å². The highest BCUT2D eigenvalue weighted by Gasteiger charge is 2.33. The fourth-order valence-electron chi connectivity index (χ4n) is 1.68. The van der Waals surface area contributed by atoms with Crippen molar-refractivity contribution in [2.75, 3.05) is 47.1 Å². The summed E-state index contributed by atoms with van der Waals surface area (Å²) in [6.45, 7) is 6.78. The number of amides is 1. The number of hydrogen-bond donors (Lipinski definition) is 1. The van der Waals surface area contributed by atoms with Crippen LogP contribution in [0.25, 0.3) is 0 Å². The molecule has 0 fully saturated rings. The monoisotopic (exact) mass is 260 g/mol. The van der Waals surface area contributed by atoms with Crippen molar-refractivity contribution in [3.63, 3.8) is 0 Å². The van der Waals surface area contributed by atoms with Crippen LogP contribution in [0, 0.1) is 5.41 Å². The number of carbonyl (C=O) groups excluding carboxylic acids is 1. The first kappa shape index (κ1) is 17.4. The summed E-state index contributed by atoms with van der Waals surface area (Å²) in [6, 6.07) is 0. The van der Waals surface area contributed by atoms with Crippen molar-refractivity contribution in [3.05, 3.63) is 0 Å². The number of carbonyl (C=O) groups is 1. The molecule has 0 bridgehead atoms. The molecule has 1 amide bonds. The van der Waals surface area contributed by atoms with Gasteiger partial charge >= 0.3 is 0 Å². The van der Waals surface area contributed by atoms with Gasteiger partial charge in [-0.05, 0) is 19.8 Å². The fourth-order valence-corrected chi connectivity index (χ4v) is 1.68. The summed E-state index contributed by atoms with van der Waals surface area (Å²) < 4.78 is 10.1. The average molecular weight is 260 g/mol. The van der Waals surface area contributed by atoms with Crippen LogP contribution >= 0.6 is 0 Å². The molecule has 0 spiro atoms. The maximum atomic E-state index is 12.5. The van der Waals surface area contributed by atoms with E-state index in [1.807, 2.05) is 18.7 Å².